The Bertz CT molecular complexity index is 995. The summed E-state index contributed by atoms with van der Waals surface area (Å²) in [5, 5.41) is 1.42. The molecule has 3 aromatic rings. The van der Waals surface area contributed by atoms with Gasteiger partial charge in [-0.05, 0) is 49.2 Å². The molecule has 1 N–H and O–H groups in total. The smallest absolute Gasteiger partial charge is 0.262 e. The van der Waals surface area contributed by atoms with E-state index in [4.69, 9.17) is 11.6 Å². The van der Waals surface area contributed by atoms with Crippen molar-refractivity contribution in [2.45, 2.75) is 18.7 Å². The van der Waals surface area contributed by atoms with Gasteiger partial charge < -0.3 is 0 Å². The molecule has 0 fully saturated rings. The fourth-order valence-electron chi connectivity index (χ4n) is 2.43. The minimum absolute atomic E-state index is 0.215. The van der Waals surface area contributed by atoms with Crippen LogP contribution in [0.2, 0.25) is 5.02 Å². The van der Waals surface area contributed by atoms with E-state index in [2.05, 4.69) is 9.71 Å². The van der Waals surface area contributed by atoms with Crippen molar-refractivity contribution in [3.63, 3.8) is 0 Å². The van der Waals surface area contributed by atoms with E-state index in [9.17, 15) is 8.42 Å². The molecule has 0 radical (unpaired) electrons. The van der Waals surface area contributed by atoms with Gasteiger partial charge in [0, 0.05) is 16.6 Å². The summed E-state index contributed by atoms with van der Waals surface area (Å²) in [4.78, 5) is 4.48. The summed E-state index contributed by atoms with van der Waals surface area (Å²) in [6.07, 6.45) is 1.64. The lowest BCUT2D eigenvalue weighted by Gasteiger charge is -2.13. The van der Waals surface area contributed by atoms with Crippen LogP contribution in [0.25, 0.3) is 10.9 Å². The van der Waals surface area contributed by atoms with Gasteiger partial charge in [-0.2, -0.15) is 0 Å². The van der Waals surface area contributed by atoms with Gasteiger partial charge in [0.05, 0.1) is 16.1 Å². The number of benzene rings is 2. The molecule has 0 atom stereocenters. The molecule has 6 heteroatoms. The number of aromatic nitrogens is 1. The van der Waals surface area contributed by atoms with Gasteiger partial charge in [-0.3, -0.25) is 9.71 Å². The van der Waals surface area contributed by atoms with E-state index >= 15 is 0 Å². The molecule has 0 aliphatic rings. The maximum atomic E-state index is 12.7. The van der Waals surface area contributed by atoms with Crippen LogP contribution in [0.1, 0.15) is 11.1 Å². The van der Waals surface area contributed by atoms with Crippen molar-refractivity contribution in [3.8, 4) is 0 Å². The Kier molecular flexibility index (Phi) is 4.00. The number of aryl methyl sites for hydroxylation is 2. The Labute approximate surface area is 140 Å². The normalized spacial score (nSPS) is 11.6. The first-order valence-electron chi connectivity index (χ1n) is 7.02. The molecule has 1 heterocycles. The lowest BCUT2D eigenvalue weighted by molar-refractivity contribution is 0.600. The van der Waals surface area contributed by atoms with Crippen LogP contribution in [0.15, 0.2) is 53.6 Å². The Morgan fingerprint density at radius 1 is 1.04 bits per heavy atom. The van der Waals surface area contributed by atoms with E-state index in [0.717, 1.165) is 5.39 Å². The highest BCUT2D eigenvalue weighted by atomic mass is 35.5. The van der Waals surface area contributed by atoms with Crippen molar-refractivity contribution in [2.24, 2.45) is 0 Å². The minimum atomic E-state index is -3.72. The van der Waals surface area contributed by atoms with E-state index in [1.165, 1.54) is 0 Å². The zero-order chi connectivity index (χ0) is 16.6. The Balaban J connectivity index is 2.09. The van der Waals surface area contributed by atoms with Crippen LogP contribution in [-0.2, 0) is 10.0 Å². The molecule has 0 spiro atoms. The summed E-state index contributed by atoms with van der Waals surface area (Å²) in [5.41, 5.74) is 2.38. The lowest BCUT2D eigenvalue weighted by atomic mass is 10.2. The number of fused-ring (bicyclic) bond motifs is 1. The predicted octanol–water partition coefficient (Wildman–Crippen LogP) is 4.31. The minimum Gasteiger partial charge on any atom is -0.277 e. The number of nitrogens with one attached hydrogen (secondary N) is 1. The monoisotopic (exact) mass is 346 g/mol. The van der Waals surface area contributed by atoms with Crippen molar-refractivity contribution < 1.29 is 8.42 Å². The van der Waals surface area contributed by atoms with Crippen molar-refractivity contribution in [2.75, 3.05) is 4.72 Å². The molecule has 4 nitrogen and oxygen atoms in total. The molecule has 0 bridgehead atoms. The van der Waals surface area contributed by atoms with Crippen LogP contribution in [-0.4, -0.2) is 13.4 Å². The average molecular weight is 347 g/mol. The Morgan fingerprint density at radius 3 is 2.57 bits per heavy atom. The van der Waals surface area contributed by atoms with Gasteiger partial charge in [-0.15, -0.1) is 0 Å². The zero-order valence-corrected chi connectivity index (χ0v) is 14.2. The average Bonchev–Trinajstić information content (AvgIpc) is 2.51. The van der Waals surface area contributed by atoms with Gasteiger partial charge >= 0.3 is 0 Å². The molecule has 0 saturated carbocycles. The molecular formula is C17H15ClN2O2S. The molecule has 2 aromatic carbocycles. The van der Waals surface area contributed by atoms with Gasteiger partial charge in [0.25, 0.3) is 10.0 Å². The summed E-state index contributed by atoms with van der Waals surface area (Å²) in [5.74, 6) is 0. The topological polar surface area (TPSA) is 59.1 Å². The summed E-state index contributed by atoms with van der Waals surface area (Å²) in [6, 6.07) is 12.3. The Morgan fingerprint density at radius 2 is 1.78 bits per heavy atom. The molecule has 23 heavy (non-hydrogen) atoms. The molecule has 0 aliphatic heterocycles. The van der Waals surface area contributed by atoms with Crippen LogP contribution in [0, 0.1) is 13.8 Å². The third kappa shape index (κ3) is 3.02. The molecular weight excluding hydrogens is 332 g/mol. The number of hydrogen-bond donors (Lipinski definition) is 1. The predicted molar refractivity (Wildman–Crippen MR) is 93.5 cm³/mol. The van der Waals surface area contributed by atoms with Crippen LogP contribution < -0.4 is 4.72 Å². The fourth-order valence-corrected chi connectivity index (χ4v) is 4.03. The summed E-state index contributed by atoms with van der Waals surface area (Å²) in [6.45, 7) is 3.50. The molecule has 118 valence electrons. The van der Waals surface area contributed by atoms with Crippen molar-refractivity contribution in [1.82, 2.24) is 4.98 Å². The fraction of sp³-hybridized carbons (Fsp3) is 0.118. The van der Waals surface area contributed by atoms with Gasteiger partial charge in [0.2, 0.25) is 0 Å². The first-order valence-corrected chi connectivity index (χ1v) is 8.88. The standard InChI is InChI=1S/C17H15ClN2O2S/c1-11-10-16(12(2)9-14(11)18)23(21,22)20-15-7-3-5-13-6-4-8-19-17(13)15/h3-10,20H,1-2H3. The third-order valence-electron chi connectivity index (χ3n) is 3.62. The SMILES string of the molecule is Cc1cc(S(=O)(=O)Nc2cccc3cccnc23)c(C)cc1Cl. The molecule has 0 saturated heterocycles. The maximum absolute atomic E-state index is 12.7. The number of halogens is 1. The van der Waals surface area contributed by atoms with Crippen LogP contribution in [0.4, 0.5) is 5.69 Å². The van der Waals surface area contributed by atoms with Gasteiger partial charge in [0.1, 0.15) is 0 Å². The van der Waals surface area contributed by atoms with Gasteiger partial charge in [-0.1, -0.05) is 29.8 Å². The first-order chi connectivity index (χ1) is 10.9. The van der Waals surface area contributed by atoms with Gasteiger partial charge in [-0.25, -0.2) is 8.42 Å². The zero-order valence-electron chi connectivity index (χ0n) is 12.7. The van der Waals surface area contributed by atoms with Crippen LogP contribution in [0.5, 0.6) is 0 Å². The number of nitrogens with zero attached hydrogens (tertiary/aromatic N) is 1. The number of hydrogen-bond acceptors (Lipinski definition) is 3. The van der Waals surface area contributed by atoms with E-state index in [0.29, 0.717) is 27.4 Å². The Hall–Kier alpha value is -2.11. The van der Waals surface area contributed by atoms with E-state index in [1.54, 1.807) is 44.3 Å². The van der Waals surface area contributed by atoms with Crippen molar-refractivity contribution >= 4 is 38.2 Å². The lowest BCUT2D eigenvalue weighted by Crippen LogP contribution is -2.15. The summed E-state index contributed by atoms with van der Waals surface area (Å²) >= 11 is 6.05. The summed E-state index contributed by atoms with van der Waals surface area (Å²) < 4.78 is 28.1. The maximum Gasteiger partial charge on any atom is 0.262 e. The second-order valence-electron chi connectivity index (χ2n) is 5.35. The van der Waals surface area contributed by atoms with Crippen molar-refractivity contribution in [1.29, 1.82) is 0 Å². The first kappa shape index (κ1) is 15.8. The van der Waals surface area contributed by atoms with Crippen LogP contribution in [0.3, 0.4) is 0 Å². The van der Waals surface area contributed by atoms with E-state index in [-0.39, 0.29) is 4.90 Å². The molecule has 3 rings (SSSR count). The molecule has 0 aliphatic carbocycles. The summed E-state index contributed by atoms with van der Waals surface area (Å²) in [7, 11) is -3.72. The third-order valence-corrected chi connectivity index (χ3v) is 5.54. The largest absolute Gasteiger partial charge is 0.277 e. The number of pyridine rings is 1. The second-order valence-corrected chi connectivity index (χ2v) is 7.41. The van der Waals surface area contributed by atoms with E-state index < -0.39 is 10.0 Å². The quantitative estimate of drug-likeness (QED) is 0.769. The van der Waals surface area contributed by atoms with E-state index in [1.807, 2.05) is 18.2 Å². The highest BCUT2D eigenvalue weighted by Gasteiger charge is 2.19. The number of anilines is 1. The molecule has 0 unspecified atom stereocenters. The molecule has 1 aromatic heterocycles. The number of para-hydroxylation sites is 1. The van der Waals surface area contributed by atoms with Gasteiger partial charge in [0.15, 0.2) is 0 Å². The second kappa shape index (κ2) is 5.83. The number of sulfonamides is 1. The van der Waals surface area contributed by atoms with Crippen LogP contribution >= 0.6 is 11.6 Å². The molecule has 0 amide bonds. The van der Waals surface area contributed by atoms with Crippen molar-refractivity contribution in [3.05, 3.63) is 64.8 Å². The highest BCUT2D eigenvalue weighted by molar-refractivity contribution is 7.92. The number of rotatable bonds is 3. The highest BCUT2D eigenvalue weighted by Crippen LogP contribution is 2.27.